The number of ether oxygens (including phenoxy) is 5. The summed E-state index contributed by atoms with van der Waals surface area (Å²) in [5, 5.41) is 0. The van der Waals surface area contributed by atoms with E-state index in [2.05, 4.69) is 0 Å². The molecule has 0 unspecified atom stereocenters. The number of rotatable bonds is 0. The van der Waals surface area contributed by atoms with Gasteiger partial charge in [0.1, 0.15) is 26.4 Å². The fraction of sp³-hybridized carbons (Fsp3) is 0.333. The van der Waals surface area contributed by atoms with Gasteiger partial charge < -0.3 is 35.2 Å². The van der Waals surface area contributed by atoms with E-state index in [1.54, 1.807) is 36.4 Å². The average Bonchev–Trinajstić information content (AvgIpc) is 2.60. The third-order valence-electron chi connectivity index (χ3n) is 3.50. The lowest BCUT2D eigenvalue weighted by Crippen LogP contribution is -2.12. The maximum Gasteiger partial charge on any atom is 0.163 e. The second kappa shape index (κ2) is 8.34. The molecule has 7 heteroatoms. The van der Waals surface area contributed by atoms with E-state index < -0.39 is 0 Å². The highest BCUT2D eigenvalue weighted by Gasteiger charge is 2.09. The third-order valence-corrected chi connectivity index (χ3v) is 3.50. The summed E-state index contributed by atoms with van der Waals surface area (Å²) in [5.74, 6) is 2.40. The Morgan fingerprint density at radius 2 is 0.920 bits per heavy atom. The highest BCUT2D eigenvalue weighted by Crippen LogP contribution is 2.31. The molecule has 7 nitrogen and oxygen atoms in total. The number of nitrogens with two attached hydrogens (primary N) is 2. The molecule has 0 bridgehead atoms. The first kappa shape index (κ1) is 17.0. The van der Waals surface area contributed by atoms with E-state index >= 15 is 0 Å². The van der Waals surface area contributed by atoms with Gasteiger partial charge in [-0.1, -0.05) is 0 Å². The molecular weight excluding hydrogens is 324 g/mol. The van der Waals surface area contributed by atoms with Crippen molar-refractivity contribution in [2.24, 2.45) is 0 Å². The predicted molar refractivity (Wildman–Crippen MR) is 94.5 cm³/mol. The monoisotopic (exact) mass is 346 g/mol. The quantitative estimate of drug-likeness (QED) is 0.705. The molecule has 2 aromatic rings. The lowest BCUT2D eigenvalue weighted by Gasteiger charge is -2.14. The molecule has 0 aliphatic carbocycles. The molecule has 0 fully saturated rings. The number of hydrogen-bond donors (Lipinski definition) is 2. The van der Waals surface area contributed by atoms with Gasteiger partial charge in [0, 0.05) is 23.5 Å². The number of anilines is 2. The van der Waals surface area contributed by atoms with Gasteiger partial charge in [-0.05, 0) is 24.3 Å². The van der Waals surface area contributed by atoms with Crippen molar-refractivity contribution in [3.05, 3.63) is 36.4 Å². The van der Waals surface area contributed by atoms with Crippen LogP contribution in [0.2, 0.25) is 0 Å². The van der Waals surface area contributed by atoms with Crippen molar-refractivity contribution in [2.75, 3.05) is 51.1 Å². The summed E-state index contributed by atoms with van der Waals surface area (Å²) in [6.07, 6.45) is 0. The molecule has 0 saturated carbocycles. The molecule has 134 valence electrons. The molecule has 4 N–H and O–H groups in total. The van der Waals surface area contributed by atoms with E-state index in [-0.39, 0.29) is 0 Å². The zero-order chi connectivity index (χ0) is 17.5. The van der Waals surface area contributed by atoms with Crippen LogP contribution in [0.4, 0.5) is 11.4 Å². The highest BCUT2D eigenvalue weighted by molar-refractivity contribution is 5.52. The minimum absolute atomic E-state index is 0.348. The number of benzene rings is 2. The van der Waals surface area contributed by atoms with E-state index in [1.165, 1.54) is 0 Å². The minimum atomic E-state index is 0.348. The van der Waals surface area contributed by atoms with Gasteiger partial charge in [0.05, 0.1) is 13.2 Å². The largest absolute Gasteiger partial charge is 0.487 e. The lowest BCUT2D eigenvalue weighted by atomic mass is 10.3. The molecule has 1 aliphatic heterocycles. The summed E-state index contributed by atoms with van der Waals surface area (Å²) in [7, 11) is 0. The SMILES string of the molecule is Nc1ccc2c(c1)OCCOCCOc1cc(N)ccc1OCCO2. The molecule has 25 heavy (non-hydrogen) atoms. The van der Waals surface area contributed by atoms with Gasteiger partial charge in [-0.2, -0.15) is 0 Å². The standard InChI is InChI=1S/C18H22N2O5/c19-13-1-3-15-17(11-13)24-7-5-21-6-8-25-18-12-14(20)2-4-16(18)23-10-9-22-15/h1-4,11-12H,5-10,19-20H2. The van der Waals surface area contributed by atoms with E-state index in [4.69, 9.17) is 35.2 Å². The molecule has 3 rings (SSSR count). The molecule has 0 aromatic heterocycles. The van der Waals surface area contributed by atoms with Crippen LogP contribution in [0.5, 0.6) is 23.0 Å². The lowest BCUT2D eigenvalue weighted by molar-refractivity contribution is 0.0754. The summed E-state index contributed by atoms with van der Waals surface area (Å²) in [4.78, 5) is 0. The fourth-order valence-electron chi connectivity index (χ4n) is 2.34. The summed E-state index contributed by atoms with van der Waals surface area (Å²) >= 11 is 0. The van der Waals surface area contributed by atoms with E-state index in [0.717, 1.165) is 0 Å². The van der Waals surface area contributed by atoms with Crippen LogP contribution in [0.25, 0.3) is 0 Å². The molecule has 0 atom stereocenters. The second-order valence-corrected chi connectivity index (χ2v) is 5.42. The summed E-state index contributed by atoms with van der Waals surface area (Å²) in [6.45, 7) is 2.33. The summed E-state index contributed by atoms with van der Waals surface area (Å²) < 4.78 is 28.4. The van der Waals surface area contributed by atoms with Crippen molar-refractivity contribution in [1.29, 1.82) is 0 Å². The van der Waals surface area contributed by atoms with Gasteiger partial charge in [-0.25, -0.2) is 0 Å². The first-order chi connectivity index (χ1) is 12.2. The Labute approximate surface area is 146 Å². The number of hydrogen-bond acceptors (Lipinski definition) is 7. The van der Waals surface area contributed by atoms with Crippen molar-refractivity contribution < 1.29 is 23.7 Å². The third kappa shape index (κ3) is 4.84. The van der Waals surface area contributed by atoms with E-state index in [0.29, 0.717) is 74.0 Å². The normalized spacial score (nSPS) is 15.7. The second-order valence-electron chi connectivity index (χ2n) is 5.42. The topological polar surface area (TPSA) is 98.2 Å². The van der Waals surface area contributed by atoms with E-state index in [9.17, 15) is 0 Å². The van der Waals surface area contributed by atoms with Crippen molar-refractivity contribution in [2.45, 2.75) is 0 Å². The van der Waals surface area contributed by atoms with Crippen LogP contribution >= 0.6 is 0 Å². The molecule has 0 saturated heterocycles. The number of nitrogen functional groups attached to an aromatic ring is 2. The van der Waals surface area contributed by atoms with Crippen molar-refractivity contribution >= 4 is 11.4 Å². The smallest absolute Gasteiger partial charge is 0.163 e. The van der Waals surface area contributed by atoms with E-state index in [1.807, 2.05) is 0 Å². The predicted octanol–water partition coefficient (Wildman–Crippen LogP) is 2.10. The van der Waals surface area contributed by atoms with Crippen LogP contribution in [0.3, 0.4) is 0 Å². The molecular formula is C18H22N2O5. The number of fused-ring (bicyclic) bond motifs is 2. The Kier molecular flexibility index (Phi) is 5.69. The van der Waals surface area contributed by atoms with Crippen LogP contribution < -0.4 is 30.4 Å². The maximum atomic E-state index is 5.81. The Morgan fingerprint density at radius 1 is 0.520 bits per heavy atom. The first-order valence-electron chi connectivity index (χ1n) is 8.10. The molecule has 1 heterocycles. The van der Waals surface area contributed by atoms with Crippen LogP contribution in [0.1, 0.15) is 0 Å². The minimum Gasteiger partial charge on any atom is -0.487 e. The van der Waals surface area contributed by atoms with Gasteiger partial charge in [0.15, 0.2) is 23.0 Å². The summed E-state index contributed by atoms with van der Waals surface area (Å²) in [5.41, 5.74) is 12.8. The Hall–Kier alpha value is -2.80. The van der Waals surface area contributed by atoms with Crippen molar-refractivity contribution in [3.8, 4) is 23.0 Å². The van der Waals surface area contributed by atoms with Gasteiger partial charge in [-0.3, -0.25) is 0 Å². The van der Waals surface area contributed by atoms with Gasteiger partial charge >= 0.3 is 0 Å². The van der Waals surface area contributed by atoms with Crippen LogP contribution in [-0.2, 0) is 4.74 Å². The summed E-state index contributed by atoms with van der Waals surface area (Å²) in [6, 6.07) is 10.5. The Balaban J connectivity index is 1.72. The van der Waals surface area contributed by atoms with Gasteiger partial charge in [-0.15, -0.1) is 0 Å². The van der Waals surface area contributed by atoms with Crippen molar-refractivity contribution in [3.63, 3.8) is 0 Å². The Bertz CT molecular complexity index is 648. The Morgan fingerprint density at radius 3 is 1.40 bits per heavy atom. The fourth-order valence-corrected chi connectivity index (χ4v) is 2.34. The van der Waals surface area contributed by atoms with Gasteiger partial charge in [0.25, 0.3) is 0 Å². The van der Waals surface area contributed by atoms with Crippen LogP contribution in [-0.4, -0.2) is 39.6 Å². The van der Waals surface area contributed by atoms with Crippen LogP contribution in [0, 0.1) is 0 Å². The molecule has 1 aliphatic rings. The highest BCUT2D eigenvalue weighted by atomic mass is 16.6. The molecule has 0 amide bonds. The molecule has 0 spiro atoms. The first-order valence-corrected chi connectivity index (χ1v) is 8.10. The van der Waals surface area contributed by atoms with Crippen molar-refractivity contribution in [1.82, 2.24) is 0 Å². The zero-order valence-corrected chi connectivity index (χ0v) is 13.9. The molecule has 2 aromatic carbocycles. The zero-order valence-electron chi connectivity index (χ0n) is 13.9. The van der Waals surface area contributed by atoms with Gasteiger partial charge in [0.2, 0.25) is 0 Å². The average molecular weight is 346 g/mol. The maximum absolute atomic E-state index is 5.81. The molecule has 0 radical (unpaired) electrons. The van der Waals surface area contributed by atoms with Crippen LogP contribution in [0.15, 0.2) is 36.4 Å².